The van der Waals surface area contributed by atoms with Gasteiger partial charge in [0.15, 0.2) is 9.84 Å². The van der Waals surface area contributed by atoms with Gasteiger partial charge in [0.2, 0.25) is 10.0 Å². The largest absolute Gasteiger partial charge is 0.224 e. The van der Waals surface area contributed by atoms with Crippen molar-refractivity contribution in [3.63, 3.8) is 0 Å². The van der Waals surface area contributed by atoms with E-state index < -0.39 is 25.9 Å². The van der Waals surface area contributed by atoms with Gasteiger partial charge in [-0.3, -0.25) is 0 Å². The molecule has 0 unspecified atom stereocenters. The highest BCUT2D eigenvalue weighted by Crippen LogP contribution is 2.26. The second-order valence-electron chi connectivity index (χ2n) is 5.64. The number of sulfone groups is 1. The van der Waals surface area contributed by atoms with Gasteiger partial charge in [0.25, 0.3) is 0 Å². The van der Waals surface area contributed by atoms with Crippen molar-refractivity contribution >= 4 is 43.1 Å². The molecule has 0 heterocycles. The zero-order valence-electron chi connectivity index (χ0n) is 13.5. The maximum Gasteiger partial charge on any atom is 0.216 e. The summed E-state index contributed by atoms with van der Waals surface area (Å²) in [6, 6.07) is 10.3. The molecule has 0 amide bonds. The van der Waals surface area contributed by atoms with Crippen LogP contribution in [0.15, 0.2) is 47.4 Å². The van der Waals surface area contributed by atoms with E-state index in [-0.39, 0.29) is 20.7 Å². The van der Waals surface area contributed by atoms with E-state index in [1.54, 1.807) is 37.3 Å². The Balaban J connectivity index is 2.17. The summed E-state index contributed by atoms with van der Waals surface area (Å²) in [5.74, 6) is -0.350. The normalized spacial score (nSPS) is 13.6. The van der Waals surface area contributed by atoms with Crippen LogP contribution in [-0.2, 0) is 25.6 Å². The number of benzene rings is 2. The molecule has 0 fully saturated rings. The smallest absolute Gasteiger partial charge is 0.216 e. The van der Waals surface area contributed by atoms with Crippen molar-refractivity contribution in [1.82, 2.24) is 4.72 Å². The molecule has 1 atom stereocenters. The molecule has 9 heteroatoms. The maximum absolute atomic E-state index is 12.4. The molecule has 0 saturated heterocycles. The summed E-state index contributed by atoms with van der Waals surface area (Å²) in [7, 11) is -7.00. The lowest BCUT2D eigenvalue weighted by atomic mass is 10.1. The molecule has 1 N–H and O–H groups in total. The Bertz CT molecular complexity index is 951. The number of hydrogen-bond acceptors (Lipinski definition) is 4. The maximum atomic E-state index is 12.4. The molecule has 136 valence electrons. The van der Waals surface area contributed by atoms with E-state index in [1.807, 2.05) is 0 Å². The fourth-order valence-electron chi connectivity index (χ4n) is 2.24. The standard InChI is InChI=1S/C16H17Cl2NO4S2/c1-11(12-6-8-13(9-7-12)24(2,20)21)19-25(22,23)10-14-15(17)4-3-5-16(14)18/h3-9,11,19H,10H2,1-2H3/t11-/m0/s1. The Morgan fingerprint density at radius 3 is 1.96 bits per heavy atom. The fraction of sp³-hybridized carbons (Fsp3) is 0.250. The minimum Gasteiger partial charge on any atom is -0.224 e. The predicted molar refractivity (Wildman–Crippen MR) is 100 cm³/mol. The van der Waals surface area contributed by atoms with Gasteiger partial charge >= 0.3 is 0 Å². The molecular formula is C16H17Cl2NO4S2. The summed E-state index contributed by atoms with van der Waals surface area (Å²) >= 11 is 12.0. The highest BCUT2D eigenvalue weighted by molar-refractivity contribution is 7.90. The Kier molecular flexibility index (Phi) is 6.17. The molecule has 0 aromatic heterocycles. The van der Waals surface area contributed by atoms with Crippen molar-refractivity contribution in [2.24, 2.45) is 0 Å². The first-order chi connectivity index (χ1) is 11.5. The third-order valence-corrected chi connectivity index (χ3v) is 6.78. The topological polar surface area (TPSA) is 80.3 Å². The predicted octanol–water partition coefficient (Wildman–Crippen LogP) is 3.58. The highest BCUT2D eigenvalue weighted by atomic mass is 35.5. The van der Waals surface area contributed by atoms with E-state index in [9.17, 15) is 16.8 Å². The minimum atomic E-state index is -3.70. The second-order valence-corrected chi connectivity index (χ2v) is 10.2. The quantitative estimate of drug-likeness (QED) is 0.772. The van der Waals surface area contributed by atoms with Crippen LogP contribution in [0.4, 0.5) is 0 Å². The van der Waals surface area contributed by atoms with E-state index in [0.29, 0.717) is 11.1 Å². The first-order valence-electron chi connectivity index (χ1n) is 7.22. The molecule has 0 aliphatic heterocycles. The molecule has 0 aliphatic rings. The van der Waals surface area contributed by atoms with Crippen LogP contribution in [0, 0.1) is 0 Å². The van der Waals surface area contributed by atoms with Crippen molar-refractivity contribution in [3.05, 3.63) is 63.6 Å². The van der Waals surface area contributed by atoms with Gasteiger partial charge in [0.1, 0.15) is 0 Å². The van der Waals surface area contributed by atoms with Gasteiger partial charge in [0, 0.05) is 27.9 Å². The van der Waals surface area contributed by atoms with Gasteiger partial charge in [-0.25, -0.2) is 21.6 Å². The molecule has 2 rings (SSSR count). The van der Waals surface area contributed by atoms with Gasteiger partial charge < -0.3 is 0 Å². The number of halogens is 2. The molecule has 25 heavy (non-hydrogen) atoms. The van der Waals surface area contributed by atoms with E-state index >= 15 is 0 Å². The summed E-state index contributed by atoms with van der Waals surface area (Å²) in [5.41, 5.74) is 0.971. The van der Waals surface area contributed by atoms with Gasteiger partial charge in [-0.05, 0) is 36.8 Å². The van der Waals surface area contributed by atoms with Crippen LogP contribution in [0.2, 0.25) is 10.0 Å². The number of sulfonamides is 1. The van der Waals surface area contributed by atoms with Crippen LogP contribution >= 0.6 is 23.2 Å². The van der Waals surface area contributed by atoms with Crippen LogP contribution < -0.4 is 4.72 Å². The lowest BCUT2D eigenvalue weighted by molar-refractivity contribution is 0.565. The van der Waals surface area contributed by atoms with Gasteiger partial charge in [-0.2, -0.15) is 0 Å². The van der Waals surface area contributed by atoms with E-state index in [2.05, 4.69) is 4.72 Å². The van der Waals surface area contributed by atoms with Crippen molar-refractivity contribution in [1.29, 1.82) is 0 Å². The van der Waals surface area contributed by atoms with Gasteiger partial charge in [-0.1, -0.05) is 41.4 Å². The molecule has 0 aliphatic carbocycles. The minimum absolute atomic E-state index is 0.175. The number of hydrogen-bond donors (Lipinski definition) is 1. The van der Waals surface area contributed by atoms with Crippen LogP contribution in [0.1, 0.15) is 24.1 Å². The van der Waals surface area contributed by atoms with Gasteiger partial charge in [0.05, 0.1) is 10.6 Å². The van der Waals surface area contributed by atoms with Crippen molar-refractivity contribution in [3.8, 4) is 0 Å². The zero-order valence-corrected chi connectivity index (χ0v) is 16.7. The Morgan fingerprint density at radius 2 is 1.48 bits per heavy atom. The third kappa shape index (κ3) is 5.43. The fourth-order valence-corrected chi connectivity index (χ4v) is 5.01. The molecule has 2 aromatic carbocycles. The average Bonchev–Trinajstić information content (AvgIpc) is 2.50. The average molecular weight is 422 g/mol. The monoisotopic (exact) mass is 421 g/mol. The van der Waals surface area contributed by atoms with Crippen LogP contribution in [0.5, 0.6) is 0 Å². The molecule has 0 saturated carbocycles. The van der Waals surface area contributed by atoms with Crippen molar-refractivity contribution < 1.29 is 16.8 Å². The van der Waals surface area contributed by atoms with E-state index in [0.717, 1.165) is 6.26 Å². The first-order valence-corrected chi connectivity index (χ1v) is 11.5. The van der Waals surface area contributed by atoms with Crippen LogP contribution in [0.3, 0.4) is 0 Å². The molecule has 2 aromatic rings. The zero-order chi connectivity index (χ0) is 18.8. The highest BCUT2D eigenvalue weighted by Gasteiger charge is 2.20. The summed E-state index contributed by atoms with van der Waals surface area (Å²) in [6.07, 6.45) is 1.11. The van der Waals surface area contributed by atoms with E-state index in [4.69, 9.17) is 23.2 Å². The summed E-state index contributed by atoms with van der Waals surface area (Å²) in [4.78, 5) is 0.175. The van der Waals surface area contributed by atoms with Gasteiger partial charge in [-0.15, -0.1) is 0 Å². The van der Waals surface area contributed by atoms with Crippen LogP contribution in [-0.4, -0.2) is 23.1 Å². The molecule has 5 nitrogen and oxygen atoms in total. The first kappa shape index (κ1) is 20.2. The van der Waals surface area contributed by atoms with Crippen LogP contribution in [0.25, 0.3) is 0 Å². The third-order valence-electron chi connectivity index (χ3n) is 3.56. The number of rotatable bonds is 6. The molecule has 0 spiro atoms. The summed E-state index contributed by atoms with van der Waals surface area (Å²) < 4.78 is 50.3. The molecule has 0 bridgehead atoms. The van der Waals surface area contributed by atoms with Crippen molar-refractivity contribution in [2.75, 3.05) is 6.26 Å². The number of nitrogens with one attached hydrogen (secondary N) is 1. The van der Waals surface area contributed by atoms with E-state index in [1.165, 1.54) is 12.1 Å². The lowest BCUT2D eigenvalue weighted by Crippen LogP contribution is -2.28. The van der Waals surface area contributed by atoms with Crippen molar-refractivity contribution in [2.45, 2.75) is 23.6 Å². The Hall–Kier alpha value is -1.12. The summed E-state index contributed by atoms with van der Waals surface area (Å²) in [5, 5.41) is 0.561. The Morgan fingerprint density at radius 1 is 0.960 bits per heavy atom. The second kappa shape index (κ2) is 7.63. The SMILES string of the molecule is C[C@H](NS(=O)(=O)Cc1c(Cl)cccc1Cl)c1ccc(S(C)(=O)=O)cc1. The molecular weight excluding hydrogens is 405 g/mol. The summed E-state index contributed by atoms with van der Waals surface area (Å²) in [6.45, 7) is 1.67. The molecule has 0 radical (unpaired) electrons. The lowest BCUT2D eigenvalue weighted by Gasteiger charge is -2.16. The Labute approximate surface area is 157 Å².